The summed E-state index contributed by atoms with van der Waals surface area (Å²) >= 11 is 1.80. The zero-order chi connectivity index (χ0) is 33.0. The molecule has 2 aliphatic carbocycles. The number of hydrogen-bond acceptors (Lipinski definition) is 5. The standard InChI is InChI=1S/C45H31N3OS/c1-3-12-28(13-4-1)30-24-25-40-38(27-30)36-21-11-22-37(42(36)50-40)45-47-43(29-14-5-2-6-15-29)46-44(48-45)32-17-9-16-31(26-32)33-19-10-20-35-34-18-7-8-23-39(34)49-41(33)35/h1-15,17-18,20-27,31,33H,16,19H2. The minimum absolute atomic E-state index is 0.241. The van der Waals surface area contributed by atoms with E-state index in [-0.39, 0.29) is 11.8 Å². The van der Waals surface area contributed by atoms with Gasteiger partial charge in [0.2, 0.25) is 0 Å². The van der Waals surface area contributed by atoms with Gasteiger partial charge in [0.1, 0.15) is 11.3 Å². The van der Waals surface area contributed by atoms with Crippen LogP contribution >= 0.6 is 11.3 Å². The maximum Gasteiger partial charge on any atom is 0.165 e. The Hall–Kier alpha value is -5.91. The lowest BCUT2D eigenvalue weighted by molar-refractivity contribution is 0.415. The van der Waals surface area contributed by atoms with Crippen molar-refractivity contribution < 1.29 is 4.42 Å². The zero-order valence-corrected chi connectivity index (χ0v) is 28.0. The molecular formula is C45H31N3OS. The molecule has 4 nitrogen and oxygen atoms in total. The Morgan fingerprint density at radius 3 is 2.20 bits per heavy atom. The average Bonchev–Trinajstić information content (AvgIpc) is 3.77. The Kier molecular flexibility index (Phi) is 6.91. The van der Waals surface area contributed by atoms with Crippen molar-refractivity contribution in [1.29, 1.82) is 0 Å². The van der Waals surface area contributed by atoms with Crippen LogP contribution in [0, 0.1) is 5.92 Å². The van der Waals surface area contributed by atoms with Crippen LogP contribution in [0.3, 0.4) is 0 Å². The fraction of sp³-hybridized carbons (Fsp3) is 0.0889. The van der Waals surface area contributed by atoms with Gasteiger partial charge in [0.25, 0.3) is 0 Å². The van der Waals surface area contributed by atoms with Crippen LogP contribution in [0.15, 0.2) is 150 Å². The van der Waals surface area contributed by atoms with Crippen LogP contribution in [0.5, 0.6) is 0 Å². The van der Waals surface area contributed by atoms with E-state index in [9.17, 15) is 0 Å². The molecule has 10 rings (SSSR count). The van der Waals surface area contributed by atoms with Crippen molar-refractivity contribution >= 4 is 54.1 Å². The van der Waals surface area contributed by atoms with Crippen LogP contribution in [0.4, 0.5) is 0 Å². The molecule has 0 N–H and O–H groups in total. The molecule has 0 saturated carbocycles. The highest BCUT2D eigenvalue weighted by atomic mass is 32.1. The quantitative estimate of drug-likeness (QED) is 0.184. The summed E-state index contributed by atoms with van der Waals surface area (Å²) < 4.78 is 8.93. The first-order valence-corrected chi connectivity index (χ1v) is 18.0. The fourth-order valence-corrected chi connectivity index (χ4v) is 8.79. The molecule has 238 valence electrons. The Morgan fingerprint density at radius 1 is 0.580 bits per heavy atom. The van der Waals surface area contributed by atoms with Crippen molar-refractivity contribution in [2.45, 2.75) is 18.8 Å². The number of allylic oxidation sites excluding steroid dienone is 5. The van der Waals surface area contributed by atoms with Gasteiger partial charge in [-0.2, -0.15) is 0 Å². The Morgan fingerprint density at radius 2 is 1.32 bits per heavy atom. The number of thiophene rings is 1. The van der Waals surface area contributed by atoms with E-state index in [0.29, 0.717) is 17.5 Å². The van der Waals surface area contributed by atoms with Crippen molar-refractivity contribution in [2.24, 2.45) is 5.92 Å². The van der Waals surface area contributed by atoms with Crippen LogP contribution < -0.4 is 0 Å². The highest BCUT2D eigenvalue weighted by Gasteiger charge is 2.30. The predicted octanol–water partition coefficient (Wildman–Crippen LogP) is 12.1. The first-order valence-electron chi connectivity index (χ1n) is 17.2. The molecule has 0 amide bonds. The molecule has 3 heterocycles. The van der Waals surface area contributed by atoms with E-state index in [4.69, 9.17) is 19.4 Å². The summed E-state index contributed by atoms with van der Waals surface area (Å²) in [6.45, 7) is 0. The highest BCUT2D eigenvalue weighted by molar-refractivity contribution is 7.26. The van der Waals surface area contributed by atoms with E-state index < -0.39 is 0 Å². The van der Waals surface area contributed by atoms with E-state index in [1.165, 1.54) is 42.2 Å². The van der Waals surface area contributed by atoms with Gasteiger partial charge in [-0.15, -0.1) is 11.3 Å². The van der Waals surface area contributed by atoms with Gasteiger partial charge < -0.3 is 4.42 Å². The molecular weight excluding hydrogens is 631 g/mol. The second-order valence-electron chi connectivity index (χ2n) is 13.1. The third-order valence-electron chi connectivity index (χ3n) is 10.1. The average molecular weight is 662 g/mol. The molecule has 2 atom stereocenters. The lowest BCUT2D eigenvalue weighted by Gasteiger charge is -2.26. The maximum atomic E-state index is 6.50. The van der Waals surface area contributed by atoms with Crippen LogP contribution in [0.2, 0.25) is 0 Å². The number of para-hydroxylation sites is 1. The number of benzene rings is 5. The second kappa shape index (κ2) is 11.9. The van der Waals surface area contributed by atoms with Crippen molar-refractivity contribution in [3.63, 3.8) is 0 Å². The molecule has 2 aliphatic rings. The van der Waals surface area contributed by atoms with Gasteiger partial charge in [-0.1, -0.05) is 127 Å². The van der Waals surface area contributed by atoms with E-state index in [1.807, 2.05) is 24.3 Å². The van der Waals surface area contributed by atoms with Gasteiger partial charge in [-0.05, 0) is 54.2 Å². The van der Waals surface area contributed by atoms with Crippen LogP contribution in [0.1, 0.15) is 35.9 Å². The Labute approximate surface area is 293 Å². The van der Waals surface area contributed by atoms with E-state index in [1.54, 1.807) is 11.3 Å². The van der Waals surface area contributed by atoms with Crippen molar-refractivity contribution in [3.05, 3.63) is 163 Å². The summed E-state index contributed by atoms with van der Waals surface area (Å²) in [4.78, 5) is 15.5. The van der Waals surface area contributed by atoms with Gasteiger partial charge in [0, 0.05) is 53.7 Å². The summed E-state index contributed by atoms with van der Waals surface area (Å²) in [5.41, 5.74) is 7.60. The van der Waals surface area contributed by atoms with Crippen molar-refractivity contribution in [3.8, 4) is 33.9 Å². The van der Waals surface area contributed by atoms with Gasteiger partial charge in [0.15, 0.2) is 17.5 Å². The second-order valence-corrected chi connectivity index (χ2v) is 14.1. The molecule has 0 saturated heterocycles. The first-order chi connectivity index (χ1) is 24.8. The molecule has 5 heteroatoms. The molecule has 0 bridgehead atoms. The van der Waals surface area contributed by atoms with E-state index >= 15 is 0 Å². The number of fused-ring (bicyclic) bond motifs is 6. The molecule has 3 aromatic heterocycles. The summed E-state index contributed by atoms with van der Waals surface area (Å²) in [5.74, 6) is 3.63. The smallest absolute Gasteiger partial charge is 0.165 e. The largest absolute Gasteiger partial charge is 0.460 e. The molecule has 2 unspecified atom stereocenters. The maximum absolute atomic E-state index is 6.50. The fourth-order valence-electron chi connectivity index (χ4n) is 7.60. The molecule has 0 radical (unpaired) electrons. The van der Waals surface area contributed by atoms with Gasteiger partial charge >= 0.3 is 0 Å². The highest BCUT2D eigenvalue weighted by Crippen LogP contribution is 2.45. The van der Waals surface area contributed by atoms with E-state index in [0.717, 1.165) is 40.9 Å². The van der Waals surface area contributed by atoms with Gasteiger partial charge in [-0.3, -0.25) is 0 Å². The van der Waals surface area contributed by atoms with Crippen LogP contribution in [-0.2, 0) is 0 Å². The number of hydrogen-bond donors (Lipinski definition) is 0. The SMILES string of the molecule is C1=CC(c2nc(-c3ccccc3)nc(-c3cccc4c3sc3ccc(-c5ccccc5)cc34)n2)=CC(C2CC=Cc3c2oc2ccccc32)C1. The molecule has 0 aliphatic heterocycles. The first kappa shape index (κ1) is 29.0. The number of aromatic nitrogens is 3. The molecule has 5 aromatic carbocycles. The summed E-state index contributed by atoms with van der Waals surface area (Å²) in [6, 6.07) is 42.4. The number of rotatable bonds is 5. The van der Waals surface area contributed by atoms with Gasteiger partial charge in [-0.25, -0.2) is 15.0 Å². The summed E-state index contributed by atoms with van der Waals surface area (Å²) in [6.07, 6.45) is 13.2. The molecule has 50 heavy (non-hydrogen) atoms. The number of furan rings is 1. The normalized spacial score (nSPS) is 17.0. The molecule has 8 aromatic rings. The van der Waals surface area contributed by atoms with Crippen molar-refractivity contribution in [2.75, 3.05) is 0 Å². The monoisotopic (exact) mass is 661 g/mol. The Bertz CT molecular complexity index is 2660. The zero-order valence-electron chi connectivity index (χ0n) is 27.2. The minimum Gasteiger partial charge on any atom is -0.460 e. The van der Waals surface area contributed by atoms with E-state index in [2.05, 4.69) is 127 Å². The lowest BCUT2D eigenvalue weighted by atomic mass is 9.78. The predicted molar refractivity (Wildman–Crippen MR) is 207 cm³/mol. The summed E-state index contributed by atoms with van der Waals surface area (Å²) in [7, 11) is 0. The van der Waals surface area contributed by atoms with Crippen LogP contribution in [-0.4, -0.2) is 15.0 Å². The Balaban J connectivity index is 1.10. The third kappa shape index (κ3) is 4.93. The van der Waals surface area contributed by atoms with Crippen LogP contribution in [0.25, 0.3) is 76.7 Å². The molecule has 0 spiro atoms. The number of nitrogens with zero attached hydrogens (tertiary/aromatic N) is 3. The summed E-state index contributed by atoms with van der Waals surface area (Å²) in [5, 5.41) is 3.64. The third-order valence-corrected chi connectivity index (χ3v) is 11.3. The minimum atomic E-state index is 0.241. The topological polar surface area (TPSA) is 51.8 Å². The molecule has 0 fully saturated rings. The van der Waals surface area contributed by atoms with Crippen molar-refractivity contribution in [1.82, 2.24) is 15.0 Å². The lowest BCUT2D eigenvalue weighted by Crippen LogP contribution is -2.15. The van der Waals surface area contributed by atoms with Gasteiger partial charge in [0.05, 0.1) is 0 Å².